The number of hydrogen-bond donors (Lipinski definition) is 1. The molecular weight excluding hydrogens is 255 g/mol. The third-order valence-corrected chi connectivity index (χ3v) is 2.54. The van der Waals surface area contributed by atoms with Gasteiger partial charge in [-0.25, -0.2) is 0 Å². The first-order chi connectivity index (χ1) is 7.78. The van der Waals surface area contributed by atoms with Gasteiger partial charge in [-0.05, 0) is 24.7 Å². The van der Waals surface area contributed by atoms with Gasteiger partial charge in [-0.2, -0.15) is 13.2 Å². The van der Waals surface area contributed by atoms with Gasteiger partial charge in [0.2, 0.25) is 0 Å². The molecule has 0 unspecified atom stereocenters. The van der Waals surface area contributed by atoms with E-state index in [0.29, 0.717) is 6.54 Å². The Labute approximate surface area is 103 Å². The molecule has 0 aliphatic rings. The van der Waals surface area contributed by atoms with Crippen LogP contribution in [0, 0.1) is 0 Å². The molecule has 0 radical (unpaired) electrons. The summed E-state index contributed by atoms with van der Waals surface area (Å²) in [5, 5.41) is 9.39. The highest BCUT2D eigenvalue weighted by atomic mass is 35.5. The van der Waals surface area contributed by atoms with Gasteiger partial charge < -0.3 is 10.0 Å². The molecule has 17 heavy (non-hydrogen) atoms. The Hall–Kier alpha value is -0.940. The molecule has 1 aromatic rings. The van der Waals surface area contributed by atoms with Gasteiger partial charge in [0.25, 0.3) is 0 Å². The zero-order chi connectivity index (χ0) is 13.1. The molecule has 1 aromatic carbocycles. The lowest BCUT2D eigenvalue weighted by Gasteiger charge is -2.17. The average Bonchev–Trinajstić information content (AvgIpc) is 2.20. The third-order valence-electron chi connectivity index (χ3n) is 2.24. The van der Waals surface area contributed by atoms with Crippen molar-refractivity contribution < 1.29 is 18.3 Å². The monoisotopic (exact) mass is 267 g/mol. The van der Waals surface area contributed by atoms with Gasteiger partial charge in [0, 0.05) is 13.1 Å². The molecule has 1 N–H and O–H groups in total. The highest BCUT2D eigenvalue weighted by Crippen LogP contribution is 2.24. The minimum absolute atomic E-state index is 0.0339. The molecule has 0 heterocycles. The largest absolute Gasteiger partial charge is 0.506 e. The van der Waals surface area contributed by atoms with Gasteiger partial charge in [0.1, 0.15) is 5.75 Å². The van der Waals surface area contributed by atoms with Gasteiger partial charge in [-0.1, -0.05) is 17.7 Å². The number of hydrogen-bond acceptors (Lipinski definition) is 2. The van der Waals surface area contributed by atoms with Crippen LogP contribution < -0.4 is 0 Å². The lowest BCUT2D eigenvalue weighted by atomic mass is 10.2. The summed E-state index contributed by atoms with van der Waals surface area (Å²) in [6.07, 6.45) is -4.98. The number of phenols is 1. The summed E-state index contributed by atoms with van der Waals surface area (Å²) in [6, 6.07) is 4.60. The van der Waals surface area contributed by atoms with Crippen molar-refractivity contribution in [2.24, 2.45) is 0 Å². The molecule has 0 aliphatic carbocycles. The molecule has 6 heteroatoms. The second-order valence-corrected chi connectivity index (χ2v) is 4.30. The predicted molar refractivity (Wildman–Crippen MR) is 60.1 cm³/mol. The van der Waals surface area contributed by atoms with Crippen LogP contribution in [0.5, 0.6) is 5.75 Å². The van der Waals surface area contributed by atoms with Crippen molar-refractivity contribution in [3.63, 3.8) is 0 Å². The van der Waals surface area contributed by atoms with Crippen LogP contribution in [-0.4, -0.2) is 29.8 Å². The number of rotatable bonds is 4. The molecule has 0 atom stereocenters. The lowest BCUT2D eigenvalue weighted by molar-refractivity contribution is -0.137. The van der Waals surface area contributed by atoms with E-state index in [2.05, 4.69) is 0 Å². The smallest absolute Gasteiger partial charge is 0.390 e. The zero-order valence-electron chi connectivity index (χ0n) is 9.26. The maximum atomic E-state index is 12.0. The van der Waals surface area contributed by atoms with Crippen molar-refractivity contribution in [1.29, 1.82) is 0 Å². The molecule has 0 fully saturated rings. The van der Waals surface area contributed by atoms with Crippen molar-refractivity contribution in [2.45, 2.75) is 19.1 Å². The third kappa shape index (κ3) is 5.28. The highest BCUT2D eigenvalue weighted by molar-refractivity contribution is 6.32. The normalized spacial score (nSPS) is 12.1. The Kier molecular flexibility index (Phi) is 4.65. The van der Waals surface area contributed by atoms with E-state index < -0.39 is 12.6 Å². The average molecular weight is 268 g/mol. The van der Waals surface area contributed by atoms with E-state index in [1.165, 1.54) is 6.07 Å². The molecule has 0 aliphatic heterocycles. The Morgan fingerprint density at radius 3 is 2.53 bits per heavy atom. The van der Waals surface area contributed by atoms with Crippen LogP contribution in [0.1, 0.15) is 12.0 Å². The van der Waals surface area contributed by atoms with E-state index in [4.69, 9.17) is 11.6 Å². The first kappa shape index (κ1) is 14.1. The molecule has 96 valence electrons. The predicted octanol–water partition coefficient (Wildman–Crippen LogP) is 3.43. The maximum absolute atomic E-state index is 12.0. The Morgan fingerprint density at radius 1 is 1.35 bits per heavy atom. The first-order valence-electron chi connectivity index (χ1n) is 5.00. The summed E-state index contributed by atoms with van der Waals surface area (Å²) in [5.74, 6) is -0.0339. The SMILES string of the molecule is CN(CCC(F)(F)F)Cc1ccc(O)c(Cl)c1. The Morgan fingerprint density at radius 2 is 2.00 bits per heavy atom. The number of phenolic OH excluding ortho intramolecular Hbond substituents is 1. The summed E-state index contributed by atoms with van der Waals surface area (Å²) < 4.78 is 36.0. The maximum Gasteiger partial charge on any atom is 0.390 e. The van der Waals surface area contributed by atoms with E-state index in [1.807, 2.05) is 0 Å². The van der Waals surface area contributed by atoms with Crippen LogP contribution in [0.15, 0.2) is 18.2 Å². The molecule has 0 saturated carbocycles. The van der Waals surface area contributed by atoms with Crippen LogP contribution >= 0.6 is 11.6 Å². The minimum atomic E-state index is -4.14. The number of aromatic hydroxyl groups is 1. The Balaban J connectivity index is 2.50. The van der Waals surface area contributed by atoms with E-state index in [0.717, 1.165) is 5.56 Å². The fourth-order valence-electron chi connectivity index (χ4n) is 1.36. The van der Waals surface area contributed by atoms with E-state index in [9.17, 15) is 18.3 Å². The zero-order valence-corrected chi connectivity index (χ0v) is 10.0. The summed E-state index contributed by atoms with van der Waals surface area (Å²) in [7, 11) is 1.60. The summed E-state index contributed by atoms with van der Waals surface area (Å²) >= 11 is 5.70. The molecular formula is C11H13ClF3NO. The van der Waals surface area contributed by atoms with Gasteiger partial charge in [-0.3, -0.25) is 0 Å². The fraction of sp³-hybridized carbons (Fsp3) is 0.455. The minimum Gasteiger partial charge on any atom is -0.506 e. The number of benzene rings is 1. The number of nitrogens with zero attached hydrogens (tertiary/aromatic N) is 1. The molecule has 1 rings (SSSR count). The summed E-state index contributed by atoms with van der Waals surface area (Å²) in [6.45, 7) is 0.290. The van der Waals surface area contributed by atoms with E-state index in [-0.39, 0.29) is 17.3 Å². The molecule has 0 spiro atoms. The quantitative estimate of drug-likeness (QED) is 0.903. The Bertz CT molecular complexity index is 381. The van der Waals surface area contributed by atoms with E-state index in [1.54, 1.807) is 24.1 Å². The number of alkyl halides is 3. The molecule has 0 amide bonds. The van der Waals surface area contributed by atoms with Gasteiger partial charge in [0.05, 0.1) is 11.4 Å². The van der Waals surface area contributed by atoms with Gasteiger partial charge in [-0.15, -0.1) is 0 Å². The highest BCUT2D eigenvalue weighted by Gasteiger charge is 2.26. The molecule has 2 nitrogen and oxygen atoms in total. The van der Waals surface area contributed by atoms with Crippen LogP contribution in [-0.2, 0) is 6.54 Å². The topological polar surface area (TPSA) is 23.5 Å². The van der Waals surface area contributed by atoms with Crippen LogP contribution in [0.2, 0.25) is 5.02 Å². The van der Waals surface area contributed by atoms with Crippen LogP contribution in [0.4, 0.5) is 13.2 Å². The van der Waals surface area contributed by atoms with Crippen molar-refractivity contribution in [3.8, 4) is 5.75 Å². The summed E-state index contributed by atoms with van der Waals surface area (Å²) in [5.41, 5.74) is 0.762. The second kappa shape index (κ2) is 5.60. The van der Waals surface area contributed by atoms with Crippen molar-refractivity contribution in [3.05, 3.63) is 28.8 Å². The van der Waals surface area contributed by atoms with Crippen LogP contribution in [0.3, 0.4) is 0 Å². The fourth-order valence-corrected chi connectivity index (χ4v) is 1.56. The number of halogens is 4. The van der Waals surface area contributed by atoms with Gasteiger partial charge in [0.15, 0.2) is 0 Å². The van der Waals surface area contributed by atoms with Crippen molar-refractivity contribution in [1.82, 2.24) is 4.90 Å². The first-order valence-corrected chi connectivity index (χ1v) is 5.38. The van der Waals surface area contributed by atoms with E-state index >= 15 is 0 Å². The van der Waals surface area contributed by atoms with Gasteiger partial charge >= 0.3 is 6.18 Å². The molecule has 0 aromatic heterocycles. The standard InChI is InChI=1S/C11H13ClF3NO/c1-16(5-4-11(13,14)15)7-8-2-3-10(17)9(12)6-8/h2-3,6,17H,4-5,7H2,1H3. The molecule has 0 saturated heterocycles. The van der Waals surface area contributed by atoms with Crippen LogP contribution in [0.25, 0.3) is 0 Å². The second-order valence-electron chi connectivity index (χ2n) is 3.89. The van der Waals surface area contributed by atoms with Crippen molar-refractivity contribution >= 4 is 11.6 Å². The molecule has 0 bridgehead atoms. The van der Waals surface area contributed by atoms with Crippen molar-refractivity contribution in [2.75, 3.05) is 13.6 Å². The summed E-state index contributed by atoms with van der Waals surface area (Å²) in [4.78, 5) is 1.55. The lowest BCUT2D eigenvalue weighted by Crippen LogP contribution is -2.24.